The fraction of sp³-hybridized carbons (Fsp3) is 0.111. The topological polar surface area (TPSA) is 88.5 Å². The van der Waals surface area contributed by atoms with Crippen molar-refractivity contribution in [1.29, 1.82) is 0 Å². The Balaban J connectivity index is 1.49. The van der Waals surface area contributed by atoms with Gasteiger partial charge in [-0.1, -0.05) is 12.1 Å². The highest BCUT2D eigenvalue weighted by atomic mass is 32.1. The van der Waals surface area contributed by atoms with Gasteiger partial charge in [0.2, 0.25) is 0 Å². The lowest BCUT2D eigenvalue weighted by atomic mass is 10.1. The van der Waals surface area contributed by atoms with Crippen LogP contribution in [0.3, 0.4) is 0 Å². The third kappa shape index (κ3) is 3.27. The average molecular weight is 364 g/mol. The molecular formula is C18H16N6OS. The number of aromatic amines is 1. The summed E-state index contributed by atoms with van der Waals surface area (Å²) in [6, 6.07) is 9.49. The number of pyridine rings is 1. The van der Waals surface area contributed by atoms with Gasteiger partial charge in [0, 0.05) is 31.5 Å². The van der Waals surface area contributed by atoms with Gasteiger partial charge in [0.05, 0.1) is 22.5 Å². The number of thiophene rings is 1. The van der Waals surface area contributed by atoms with E-state index in [-0.39, 0.29) is 5.91 Å². The largest absolute Gasteiger partial charge is 0.346 e. The maximum atomic E-state index is 12.4. The number of aryl methyl sites for hydroxylation is 1. The van der Waals surface area contributed by atoms with Gasteiger partial charge < -0.3 is 5.32 Å². The summed E-state index contributed by atoms with van der Waals surface area (Å²) in [6.45, 7) is 0.359. The molecule has 0 fully saturated rings. The highest BCUT2D eigenvalue weighted by Gasteiger charge is 2.14. The van der Waals surface area contributed by atoms with Crippen LogP contribution in [0.5, 0.6) is 0 Å². The Morgan fingerprint density at radius 3 is 3.04 bits per heavy atom. The molecule has 7 nitrogen and oxygen atoms in total. The van der Waals surface area contributed by atoms with E-state index in [1.54, 1.807) is 34.5 Å². The number of nitrogens with one attached hydrogen (secondary N) is 2. The van der Waals surface area contributed by atoms with Crippen LogP contribution in [0.15, 0.2) is 54.3 Å². The maximum Gasteiger partial charge on any atom is 0.272 e. The Hall–Kier alpha value is -3.26. The molecule has 0 aliphatic rings. The van der Waals surface area contributed by atoms with E-state index in [4.69, 9.17) is 0 Å². The second-order valence-electron chi connectivity index (χ2n) is 5.74. The van der Waals surface area contributed by atoms with E-state index in [1.807, 2.05) is 42.9 Å². The molecule has 4 rings (SSSR count). The third-order valence-corrected chi connectivity index (χ3v) is 4.81. The molecule has 0 spiro atoms. The summed E-state index contributed by atoms with van der Waals surface area (Å²) in [4.78, 5) is 17.9. The van der Waals surface area contributed by atoms with Gasteiger partial charge in [-0.3, -0.25) is 19.6 Å². The highest BCUT2D eigenvalue weighted by molar-refractivity contribution is 7.13. The van der Waals surface area contributed by atoms with Crippen LogP contribution in [-0.4, -0.2) is 30.9 Å². The summed E-state index contributed by atoms with van der Waals surface area (Å²) in [5, 5.41) is 16.1. The summed E-state index contributed by atoms with van der Waals surface area (Å²) in [5.74, 6) is -0.231. The van der Waals surface area contributed by atoms with E-state index in [0.29, 0.717) is 12.2 Å². The Bertz CT molecular complexity index is 1030. The van der Waals surface area contributed by atoms with E-state index in [0.717, 1.165) is 27.4 Å². The molecule has 0 bridgehead atoms. The minimum atomic E-state index is -0.231. The van der Waals surface area contributed by atoms with Crippen molar-refractivity contribution < 1.29 is 4.79 Å². The summed E-state index contributed by atoms with van der Waals surface area (Å²) in [6.07, 6.45) is 5.39. The normalized spacial score (nSPS) is 10.8. The summed E-state index contributed by atoms with van der Waals surface area (Å²) < 4.78 is 1.72. The van der Waals surface area contributed by atoms with Crippen LogP contribution in [0.4, 0.5) is 0 Å². The Kier molecular flexibility index (Phi) is 4.32. The van der Waals surface area contributed by atoms with Gasteiger partial charge in [0.15, 0.2) is 5.69 Å². The molecule has 130 valence electrons. The third-order valence-electron chi connectivity index (χ3n) is 3.91. The molecule has 0 aliphatic carbocycles. The number of aromatic nitrogens is 5. The van der Waals surface area contributed by atoms with Gasteiger partial charge in [-0.05, 0) is 29.1 Å². The molecular weight excluding hydrogens is 348 g/mol. The zero-order valence-electron chi connectivity index (χ0n) is 14.0. The number of carbonyl (C=O) groups is 1. The van der Waals surface area contributed by atoms with Crippen LogP contribution in [0.2, 0.25) is 0 Å². The summed E-state index contributed by atoms with van der Waals surface area (Å²) in [7, 11) is 1.86. The number of carbonyl (C=O) groups excluding carboxylic acids is 1. The van der Waals surface area contributed by atoms with Crippen LogP contribution in [0.1, 0.15) is 16.1 Å². The molecule has 0 atom stereocenters. The lowest BCUT2D eigenvalue weighted by Crippen LogP contribution is -2.23. The molecule has 4 heterocycles. The van der Waals surface area contributed by atoms with E-state index in [1.165, 1.54) is 0 Å². The molecule has 0 unspecified atom stereocenters. The number of nitrogens with zero attached hydrogens (tertiary/aromatic N) is 4. The molecule has 0 saturated heterocycles. The molecule has 0 aromatic carbocycles. The molecule has 4 aromatic rings. The molecule has 26 heavy (non-hydrogen) atoms. The van der Waals surface area contributed by atoms with Crippen molar-refractivity contribution in [3.05, 3.63) is 65.6 Å². The standard InChI is InChI=1S/C18H16N6OS/c1-24-11-13(10-21-24)17-12(4-2-6-19-17)9-20-18(25)15-8-14(22-23-15)16-5-3-7-26-16/h2-8,10-11H,9H2,1H3,(H,20,25)(H,22,23). The first kappa shape index (κ1) is 16.2. The van der Waals surface area contributed by atoms with Gasteiger partial charge in [-0.15, -0.1) is 11.3 Å². The van der Waals surface area contributed by atoms with Gasteiger partial charge in [-0.25, -0.2) is 0 Å². The minimum absolute atomic E-state index is 0.231. The monoisotopic (exact) mass is 364 g/mol. The first-order valence-electron chi connectivity index (χ1n) is 8.01. The molecule has 4 aromatic heterocycles. The Labute approximate surface area is 153 Å². The van der Waals surface area contributed by atoms with Crippen molar-refractivity contribution in [2.24, 2.45) is 7.05 Å². The van der Waals surface area contributed by atoms with Crippen LogP contribution in [0, 0.1) is 0 Å². The number of amides is 1. The second kappa shape index (κ2) is 6.93. The van der Waals surface area contributed by atoms with Crippen molar-refractivity contribution in [1.82, 2.24) is 30.3 Å². The number of rotatable bonds is 5. The summed E-state index contributed by atoms with van der Waals surface area (Å²) >= 11 is 1.59. The first-order valence-corrected chi connectivity index (χ1v) is 8.89. The van der Waals surface area contributed by atoms with Gasteiger partial charge in [-0.2, -0.15) is 10.2 Å². The zero-order valence-corrected chi connectivity index (χ0v) is 14.8. The van der Waals surface area contributed by atoms with Crippen molar-refractivity contribution in [3.8, 4) is 21.8 Å². The molecule has 0 saturated carbocycles. The smallest absolute Gasteiger partial charge is 0.272 e. The van der Waals surface area contributed by atoms with Crippen molar-refractivity contribution >= 4 is 17.2 Å². The summed E-state index contributed by atoms with van der Waals surface area (Å²) in [5.41, 5.74) is 3.84. The SMILES string of the molecule is Cn1cc(-c2ncccc2CNC(=O)c2cc(-c3cccs3)[nH]n2)cn1. The van der Waals surface area contributed by atoms with E-state index in [9.17, 15) is 4.79 Å². The fourth-order valence-corrected chi connectivity index (χ4v) is 3.34. The van der Waals surface area contributed by atoms with Gasteiger partial charge in [0.1, 0.15) is 0 Å². The van der Waals surface area contributed by atoms with E-state index in [2.05, 4.69) is 25.6 Å². The van der Waals surface area contributed by atoms with E-state index < -0.39 is 0 Å². The van der Waals surface area contributed by atoms with Crippen LogP contribution in [-0.2, 0) is 13.6 Å². The zero-order chi connectivity index (χ0) is 17.9. The Morgan fingerprint density at radius 2 is 2.27 bits per heavy atom. The molecule has 1 amide bonds. The van der Waals surface area contributed by atoms with Crippen LogP contribution < -0.4 is 5.32 Å². The first-order chi connectivity index (χ1) is 12.7. The predicted octanol–water partition coefficient (Wildman–Crippen LogP) is 2.86. The lowest BCUT2D eigenvalue weighted by molar-refractivity contribution is 0.0946. The minimum Gasteiger partial charge on any atom is -0.346 e. The highest BCUT2D eigenvalue weighted by Crippen LogP contribution is 2.23. The van der Waals surface area contributed by atoms with Crippen LogP contribution in [0.25, 0.3) is 21.8 Å². The van der Waals surface area contributed by atoms with Crippen molar-refractivity contribution in [2.45, 2.75) is 6.54 Å². The van der Waals surface area contributed by atoms with Crippen LogP contribution >= 0.6 is 11.3 Å². The second-order valence-corrected chi connectivity index (χ2v) is 6.69. The van der Waals surface area contributed by atoms with Gasteiger partial charge in [0.25, 0.3) is 5.91 Å². The predicted molar refractivity (Wildman–Crippen MR) is 99.5 cm³/mol. The quantitative estimate of drug-likeness (QED) is 0.570. The van der Waals surface area contributed by atoms with E-state index >= 15 is 0 Å². The fourth-order valence-electron chi connectivity index (χ4n) is 2.65. The number of hydrogen-bond donors (Lipinski definition) is 2. The molecule has 2 N–H and O–H groups in total. The van der Waals surface area contributed by atoms with Crippen molar-refractivity contribution in [2.75, 3.05) is 0 Å². The molecule has 0 aliphatic heterocycles. The molecule has 0 radical (unpaired) electrons. The van der Waals surface area contributed by atoms with Crippen molar-refractivity contribution in [3.63, 3.8) is 0 Å². The number of H-pyrrole nitrogens is 1. The van der Waals surface area contributed by atoms with Gasteiger partial charge >= 0.3 is 0 Å². The molecule has 8 heteroatoms. The lowest BCUT2D eigenvalue weighted by Gasteiger charge is -2.07. The Morgan fingerprint density at radius 1 is 1.35 bits per heavy atom. The average Bonchev–Trinajstić information content (AvgIpc) is 3.40. The number of hydrogen-bond acceptors (Lipinski definition) is 5. The maximum absolute atomic E-state index is 12.4.